The van der Waals surface area contributed by atoms with Crippen molar-refractivity contribution >= 4 is 17.5 Å². The summed E-state index contributed by atoms with van der Waals surface area (Å²) < 4.78 is 31.5. The van der Waals surface area contributed by atoms with Crippen LogP contribution < -0.4 is 15.4 Å². The molecule has 7 heteroatoms. The maximum absolute atomic E-state index is 13.2. The summed E-state index contributed by atoms with van der Waals surface area (Å²) in [5.41, 5.74) is 1.03. The highest BCUT2D eigenvalue weighted by Gasteiger charge is 2.19. The Balaban J connectivity index is 1.54. The van der Waals surface area contributed by atoms with Crippen molar-refractivity contribution < 1.29 is 23.1 Å². The Kier molecular flexibility index (Phi) is 6.23. The second-order valence-electron chi connectivity index (χ2n) is 6.86. The average Bonchev–Trinajstić information content (AvgIpc) is 3.18. The van der Waals surface area contributed by atoms with Gasteiger partial charge in [-0.25, -0.2) is 8.78 Å². The van der Waals surface area contributed by atoms with Crippen LogP contribution in [0.25, 0.3) is 0 Å². The summed E-state index contributed by atoms with van der Waals surface area (Å²) in [6.45, 7) is 1.50. The summed E-state index contributed by atoms with van der Waals surface area (Å²) in [7, 11) is 0. The van der Waals surface area contributed by atoms with E-state index in [-0.39, 0.29) is 17.7 Å². The third-order valence-electron chi connectivity index (χ3n) is 4.68. The fourth-order valence-electron chi connectivity index (χ4n) is 3.10. The maximum Gasteiger partial charge on any atom is 0.265 e. The predicted molar refractivity (Wildman–Crippen MR) is 101 cm³/mol. The van der Waals surface area contributed by atoms with Crippen LogP contribution in [-0.4, -0.2) is 24.0 Å². The SMILES string of the molecule is CC(Oc1ccc(F)c(F)c1)C(=O)Nc1ccc(C(=O)NC2CCCC2)cc1. The van der Waals surface area contributed by atoms with E-state index in [2.05, 4.69) is 10.6 Å². The number of carbonyl (C=O) groups excluding carboxylic acids is 2. The Hall–Kier alpha value is -2.96. The van der Waals surface area contributed by atoms with Crippen LogP contribution in [-0.2, 0) is 4.79 Å². The molecule has 1 atom stereocenters. The van der Waals surface area contributed by atoms with Crippen LogP contribution in [0.5, 0.6) is 5.75 Å². The topological polar surface area (TPSA) is 67.4 Å². The molecule has 0 radical (unpaired) electrons. The van der Waals surface area contributed by atoms with Crippen molar-refractivity contribution in [1.29, 1.82) is 0 Å². The zero-order valence-electron chi connectivity index (χ0n) is 15.5. The molecule has 1 unspecified atom stereocenters. The van der Waals surface area contributed by atoms with E-state index in [1.165, 1.54) is 13.0 Å². The van der Waals surface area contributed by atoms with Crippen molar-refractivity contribution in [3.8, 4) is 5.75 Å². The number of amides is 2. The van der Waals surface area contributed by atoms with Gasteiger partial charge >= 0.3 is 0 Å². The molecule has 2 aromatic rings. The highest BCUT2D eigenvalue weighted by atomic mass is 19.2. The molecular formula is C21H22F2N2O3. The molecule has 0 aliphatic heterocycles. The summed E-state index contributed by atoms with van der Waals surface area (Å²) in [6.07, 6.45) is 3.38. The van der Waals surface area contributed by atoms with Gasteiger partial charge in [0.2, 0.25) is 0 Å². The van der Waals surface area contributed by atoms with Gasteiger partial charge in [0.25, 0.3) is 11.8 Å². The minimum absolute atomic E-state index is 0.0560. The summed E-state index contributed by atoms with van der Waals surface area (Å²) in [5.74, 6) is -2.55. The van der Waals surface area contributed by atoms with Gasteiger partial charge in [0, 0.05) is 23.4 Å². The molecule has 0 aromatic heterocycles. The first-order valence-corrected chi connectivity index (χ1v) is 9.26. The Bertz CT molecular complexity index is 849. The number of hydrogen-bond acceptors (Lipinski definition) is 3. The van der Waals surface area contributed by atoms with Gasteiger partial charge in [-0.15, -0.1) is 0 Å². The van der Waals surface area contributed by atoms with Crippen LogP contribution in [0.2, 0.25) is 0 Å². The minimum Gasteiger partial charge on any atom is -0.481 e. The van der Waals surface area contributed by atoms with Crippen LogP contribution in [0.1, 0.15) is 43.0 Å². The lowest BCUT2D eigenvalue weighted by Crippen LogP contribution is -2.32. The molecule has 1 aliphatic carbocycles. The number of hydrogen-bond donors (Lipinski definition) is 2. The Labute approximate surface area is 162 Å². The van der Waals surface area contributed by atoms with Gasteiger partial charge in [-0.05, 0) is 56.2 Å². The van der Waals surface area contributed by atoms with Crippen molar-refractivity contribution in [3.63, 3.8) is 0 Å². The molecule has 2 N–H and O–H groups in total. The molecular weight excluding hydrogens is 366 g/mol. The Morgan fingerprint density at radius 1 is 1.04 bits per heavy atom. The zero-order valence-corrected chi connectivity index (χ0v) is 15.5. The predicted octanol–water partition coefficient (Wildman–Crippen LogP) is 4.04. The van der Waals surface area contributed by atoms with Gasteiger partial charge < -0.3 is 15.4 Å². The zero-order chi connectivity index (χ0) is 20.1. The lowest BCUT2D eigenvalue weighted by Gasteiger charge is -2.15. The van der Waals surface area contributed by atoms with Crippen molar-refractivity contribution in [3.05, 3.63) is 59.7 Å². The fourth-order valence-corrected chi connectivity index (χ4v) is 3.10. The largest absolute Gasteiger partial charge is 0.481 e. The van der Waals surface area contributed by atoms with Gasteiger partial charge in [0.1, 0.15) is 5.75 Å². The average molecular weight is 388 g/mol. The maximum atomic E-state index is 13.2. The highest BCUT2D eigenvalue weighted by molar-refractivity contribution is 5.97. The number of nitrogens with one attached hydrogen (secondary N) is 2. The number of carbonyl (C=O) groups is 2. The highest BCUT2D eigenvalue weighted by Crippen LogP contribution is 2.19. The molecule has 28 heavy (non-hydrogen) atoms. The second kappa shape index (κ2) is 8.82. The van der Waals surface area contributed by atoms with Crippen molar-refractivity contribution in [1.82, 2.24) is 5.32 Å². The first-order valence-electron chi connectivity index (χ1n) is 9.26. The molecule has 0 heterocycles. The molecule has 1 fully saturated rings. The quantitative estimate of drug-likeness (QED) is 0.785. The molecule has 0 saturated heterocycles. The molecule has 1 saturated carbocycles. The van der Waals surface area contributed by atoms with Crippen LogP contribution in [0.4, 0.5) is 14.5 Å². The summed E-state index contributed by atoms with van der Waals surface area (Å²) in [5, 5.41) is 5.67. The van der Waals surface area contributed by atoms with E-state index in [0.29, 0.717) is 11.3 Å². The van der Waals surface area contributed by atoms with Gasteiger partial charge in [-0.1, -0.05) is 12.8 Å². The first-order chi connectivity index (χ1) is 13.4. The number of anilines is 1. The van der Waals surface area contributed by atoms with E-state index in [9.17, 15) is 18.4 Å². The smallest absolute Gasteiger partial charge is 0.265 e. The van der Waals surface area contributed by atoms with E-state index in [0.717, 1.165) is 37.8 Å². The van der Waals surface area contributed by atoms with Gasteiger partial charge in [0.05, 0.1) is 0 Å². The fraction of sp³-hybridized carbons (Fsp3) is 0.333. The third-order valence-corrected chi connectivity index (χ3v) is 4.68. The lowest BCUT2D eigenvalue weighted by molar-refractivity contribution is -0.122. The van der Waals surface area contributed by atoms with Crippen molar-refractivity contribution in [2.75, 3.05) is 5.32 Å². The molecule has 0 spiro atoms. The van der Waals surface area contributed by atoms with Crippen LogP contribution >= 0.6 is 0 Å². The van der Waals surface area contributed by atoms with E-state index in [4.69, 9.17) is 4.74 Å². The number of halogens is 2. The molecule has 148 valence electrons. The molecule has 3 rings (SSSR count). The monoisotopic (exact) mass is 388 g/mol. The van der Waals surface area contributed by atoms with Gasteiger partial charge in [0.15, 0.2) is 17.7 Å². The van der Waals surface area contributed by atoms with Crippen molar-refractivity contribution in [2.45, 2.75) is 44.8 Å². The third kappa shape index (κ3) is 5.06. The molecule has 5 nitrogen and oxygen atoms in total. The molecule has 2 amide bonds. The van der Waals surface area contributed by atoms with Crippen LogP contribution in [0, 0.1) is 11.6 Å². The summed E-state index contributed by atoms with van der Waals surface area (Å²) in [4.78, 5) is 24.5. The van der Waals surface area contributed by atoms with E-state index in [1.807, 2.05) is 0 Å². The van der Waals surface area contributed by atoms with Crippen LogP contribution in [0.15, 0.2) is 42.5 Å². The number of rotatable bonds is 6. The van der Waals surface area contributed by atoms with E-state index < -0.39 is 23.6 Å². The number of ether oxygens (including phenoxy) is 1. The van der Waals surface area contributed by atoms with Crippen LogP contribution in [0.3, 0.4) is 0 Å². The first kappa shape index (κ1) is 19.8. The van der Waals surface area contributed by atoms with Gasteiger partial charge in [-0.2, -0.15) is 0 Å². The van der Waals surface area contributed by atoms with E-state index in [1.54, 1.807) is 24.3 Å². The van der Waals surface area contributed by atoms with Gasteiger partial charge in [-0.3, -0.25) is 9.59 Å². The Morgan fingerprint density at radius 3 is 2.36 bits per heavy atom. The van der Waals surface area contributed by atoms with Crippen molar-refractivity contribution in [2.24, 2.45) is 0 Å². The summed E-state index contributed by atoms with van der Waals surface area (Å²) in [6, 6.07) is 9.85. The van der Waals surface area contributed by atoms with E-state index >= 15 is 0 Å². The molecule has 0 bridgehead atoms. The lowest BCUT2D eigenvalue weighted by atomic mass is 10.1. The number of benzene rings is 2. The standard InChI is InChI=1S/C21H22F2N2O3/c1-13(28-17-10-11-18(22)19(23)12-17)20(26)24-16-8-6-14(7-9-16)21(27)25-15-4-2-3-5-15/h6-13,15H,2-5H2,1H3,(H,24,26)(H,25,27). The summed E-state index contributed by atoms with van der Waals surface area (Å²) >= 11 is 0. The normalized spacial score (nSPS) is 15.1. The molecule has 1 aliphatic rings. The Morgan fingerprint density at radius 2 is 1.71 bits per heavy atom. The second-order valence-corrected chi connectivity index (χ2v) is 6.86. The molecule has 2 aromatic carbocycles. The minimum atomic E-state index is -1.04.